The maximum Gasteiger partial charge on any atom is 0.435 e. The van der Waals surface area contributed by atoms with Crippen molar-refractivity contribution in [3.05, 3.63) is 69.1 Å². The molecule has 10 heteroatoms. The van der Waals surface area contributed by atoms with Crippen LogP contribution in [0.1, 0.15) is 5.56 Å². The normalized spacial score (nSPS) is 16.1. The zero-order chi connectivity index (χ0) is 21.8. The third-order valence-electron chi connectivity index (χ3n) is 4.82. The first kappa shape index (κ1) is 20.0. The Hall–Kier alpha value is -3.33. The van der Waals surface area contributed by atoms with Crippen molar-refractivity contribution in [2.45, 2.75) is 6.18 Å². The van der Waals surface area contributed by atoms with E-state index in [2.05, 4.69) is 5.10 Å². The standard InChI is InChI=1S/C20H14ClF3N4O2/c1-26-15-8-3-11(10-16(15)27(2)19(26)30)9-14-17(20(22,23)24)25-28(18(14)29)13-6-4-12(21)5-7-13/h3-10H,1-2H3/b14-9-. The molecule has 0 spiro atoms. The van der Waals surface area contributed by atoms with E-state index in [1.54, 1.807) is 32.3 Å². The molecule has 0 N–H and O–H groups in total. The molecule has 2 aromatic carbocycles. The lowest BCUT2D eigenvalue weighted by Gasteiger charge is -2.11. The number of aromatic nitrogens is 2. The molecule has 6 nitrogen and oxygen atoms in total. The summed E-state index contributed by atoms with van der Waals surface area (Å²) < 4.78 is 43.6. The molecule has 30 heavy (non-hydrogen) atoms. The van der Waals surface area contributed by atoms with E-state index in [0.29, 0.717) is 26.6 Å². The summed E-state index contributed by atoms with van der Waals surface area (Å²) in [5, 5.41) is 4.59. The van der Waals surface area contributed by atoms with Gasteiger partial charge in [0.15, 0.2) is 5.71 Å². The lowest BCUT2D eigenvalue weighted by Crippen LogP contribution is -2.25. The molecular weight excluding hydrogens is 421 g/mol. The van der Waals surface area contributed by atoms with Crippen molar-refractivity contribution in [1.29, 1.82) is 0 Å². The Labute approximate surface area is 173 Å². The van der Waals surface area contributed by atoms with Gasteiger partial charge < -0.3 is 0 Å². The minimum atomic E-state index is -4.83. The maximum absolute atomic E-state index is 13.6. The van der Waals surface area contributed by atoms with Crippen LogP contribution < -0.4 is 10.7 Å². The number of anilines is 1. The summed E-state index contributed by atoms with van der Waals surface area (Å²) >= 11 is 5.81. The van der Waals surface area contributed by atoms with Crippen molar-refractivity contribution in [3.8, 4) is 0 Å². The highest BCUT2D eigenvalue weighted by atomic mass is 35.5. The quantitative estimate of drug-likeness (QED) is 0.575. The van der Waals surface area contributed by atoms with Crippen LogP contribution >= 0.6 is 11.6 Å². The molecule has 0 radical (unpaired) electrons. The Morgan fingerprint density at radius 1 is 0.967 bits per heavy atom. The van der Waals surface area contributed by atoms with E-state index in [-0.39, 0.29) is 11.4 Å². The van der Waals surface area contributed by atoms with Gasteiger partial charge in [0.25, 0.3) is 5.91 Å². The fourth-order valence-corrected chi connectivity index (χ4v) is 3.42. The third kappa shape index (κ3) is 3.21. The number of carbonyl (C=O) groups excluding carboxylic acids is 1. The van der Waals surface area contributed by atoms with E-state index >= 15 is 0 Å². The predicted octanol–water partition coefficient (Wildman–Crippen LogP) is 3.88. The Morgan fingerprint density at radius 2 is 1.60 bits per heavy atom. The highest BCUT2D eigenvalue weighted by Gasteiger charge is 2.46. The van der Waals surface area contributed by atoms with E-state index < -0.39 is 23.4 Å². The van der Waals surface area contributed by atoms with Gasteiger partial charge in [-0.3, -0.25) is 13.9 Å². The van der Waals surface area contributed by atoms with Gasteiger partial charge in [0.05, 0.1) is 22.3 Å². The number of halogens is 4. The van der Waals surface area contributed by atoms with Crippen LogP contribution in [0.3, 0.4) is 0 Å². The summed E-state index contributed by atoms with van der Waals surface area (Å²) in [6.45, 7) is 0. The van der Waals surface area contributed by atoms with Gasteiger partial charge in [-0.15, -0.1) is 0 Å². The first-order chi connectivity index (χ1) is 14.1. The topological polar surface area (TPSA) is 59.6 Å². The number of hydrazone groups is 1. The predicted molar refractivity (Wildman–Crippen MR) is 109 cm³/mol. The van der Waals surface area contributed by atoms with Crippen molar-refractivity contribution in [2.75, 3.05) is 5.01 Å². The molecule has 0 unspecified atom stereocenters. The van der Waals surface area contributed by atoms with Crippen molar-refractivity contribution < 1.29 is 18.0 Å². The van der Waals surface area contributed by atoms with Crippen molar-refractivity contribution in [2.24, 2.45) is 19.2 Å². The third-order valence-corrected chi connectivity index (χ3v) is 5.08. The van der Waals surface area contributed by atoms with Gasteiger partial charge in [0.2, 0.25) is 0 Å². The molecule has 0 bridgehead atoms. The second kappa shape index (κ2) is 6.88. The number of fused-ring (bicyclic) bond motifs is 1. The number of alkyl halides is 3. The van der Waals surface area contributed by atoms with Gasteiger partial charge in [-0.2, -0.15) is 23.3 Å². The molecule has 154 valence electrons. The second-order valence-electron chi connectivity index (χ2n) is 6.75. The number of rotatable bonds is 2. The van der Waals surface area contributed by atoms with E-state index in [4.69, 9.17) is 11.6 Å². The Morgan fingerprint density at radius 3 is 2.23 bits per heavy atom. The van der Waals surface area contributed by atoms with Crippen LogP contribution in [-0.2, 0) is 18.9 Å². The van der Waals surface area contributed by atoms with Crippen LogP contribution in [0.2, 0.25) is 5.02 Å². The molecule has 4 rings (SSSR count). The van der Waals surface area contributed by atoms with Crippen molar-refractivity contribution in [1.82, 2.24) is 9.13 Å². The van der Waals surface area contributed by atoms with E-state index in [1.807, 2.05) is 0 Å². The molecule has 0 saturated carbocycles. The fourth-order valence-electron chi connectivity index (χ4n) is 3.29. The van der Waals surface area contributed by atoms with Gasteiger partial charge in [-0.05, 0) is 48.0 Å². The SMILES string of the molecule is Cn1c(=O)n(C)c2cc(/C=C3\C(=O)N(c4ccc(Cl)cc4)N=C3C(F)(F)F)ccc21. The van der Waals surface area contributed by atoms with E-state index in [0.717, 1.165) is 6.08 Å². The van der Waals surface area contributed by atoms with Gasteiger partial charge >= 0.3 is 11.9 Å². The summed E-state index contributed by atoms with van der Waals surface area (Å²) in [5.74, 6) is -0.910. The summed E-state index contributed by atoms with van der Waals surface area (Å²) in [4.78, 5) is 24.9. The first-order valence-corrected chi connectivity index (χ1v) is 9.09. The largest absolute Gasteiger partial charge is 0.435 e. The number of hydrogen-bond acceptors (Lipinski definition) is 3. The van der Waals surface area contributed by atoms with Crippen LogP contribution in [0.4, 0.5) is 18.9 Å². The second-order valence-corrected chi connectivity index (χ2v) is 7.18. The zero-order valence-corrected chi connectivity index (χ0v) is 16.5. The molecule has 2 heterocycles. The summed E-state index contributed by atoms with van der Waals surface area (Å²) in [6.07, 6.45) is -3.70. The molecule has 0 fully saturated rings. The van der Waals surface area contributed by atoms with Crippen LogP contribution in [0.25, 0.3) is 17.1 Å². The molecule has 1 aliphatic rings. The lowest BCUT2D eigenvalue weighted by atomic mass is 10.1. The molecular formula is C20H14ClF3N4O2. The number of hydrogen-bond donors (Lipinski definition) is 0. The maximum atomic E-state index is 13.6. The number of imidazole rings is 1. The fraction of sp³-hybridized carbons (Fsp3) is 0.150. The van der Waals surface area contributed by atoms with Gasteiger partial charge in [0, 0.05) is 19.1 Å². The summed E-state index contributed by atoms with van der Waals surface area (Å²) in [6, 6.07) is 10.4. The lowest BCUT2D eigenvalue weighted by molar-refractivity contribution is -0.114. The number of amides is 1. The highest BCUT2D eigenvalue weighted by molar-refractivity contribution is 6.34. The molecule has 1 aromatic heterocycles. The Bertz CT molecular complexity index is 1300. The van der Waals surface area contributed by atoms with Gasteiger partial charge in [0.1, 0.15) is 0 Å². The smallest absolute Gasteiger partial charge is 0.295 e. The average molecular weight is 435 g/mol. The molecule has 0 saturated heterocycles. The zero-order valence-electron chi connectivity index (χ0n) is 15.7. The van der Waals surface area contributed by atoms with E-state index in [9.17, 15) is 22.8 Å². The number of aryl methyl sites for hydroxylation is 2. The van der Waals surface area contributed by atoms with Crippen molar-refractivity contribution in [3.63, 3.8) is 0 Å². The minimum Gasteiger partial charge on any atom is -0.295 e. The van der Waals surface area contributed by atoms with Crippen LogP contribution in [0.15, 0.2) is 57.9 Å². The molecule has 0 aliphatic carbocycles. The first-order valence-electron chi connectivity index (χ1n) is 8.71. The number of nitrogens with zero attached hydrogens (tertiary/aromatic N) is 4. The van der Waals surface area contributed by atoms with E-state index in [1.165, 1.54) is 33.4 Å². The van der Waals surface area contributed by atoms with Crippen LogP contribution in [-0.4, -0.2) is 26.9 Å². The highest BCUT2D eigenvalue weighted by Crippen LogP contribution is 2.33. The minimum absolute atomic E-state index is 0.162. The average Bonchev–Trinajstić information content (AvgIpc) is 3.13. The Kier molecular flexibility index (Phi) is 4.58. The molecule has 0 atom stereocenters. The van der Waals surface area contributed by atoms with Gasteiger partial charge in [-0.25, -0.2) is 4.79 Å². The van der Waals surface area contributed by atoms with Crippen LogP contribution in [0, 0.1) is 0 Å². The number of carbonyl (C=O) groups is 1. The monoisotopic (exact) mass is 434 g/mol. The van der Waals surface area contributed by atoms with Crippen molar-refractivity contribution >= 4 is 46.0 Å². The molecule has 3 aromatic rings. The van der Waals surface area contributed by atoms with Gasteiger partial charge in [-0.1, -0.05) is 17.7 Å². The summed E-state index contributed by atoms with van der Waals surface area (Å²) in [5.41, 5.74) is -0.491. The molecule has 1 aliphatic heterocycles. The van der Waals surface area contributed by atoms with Crippen LogP contribution in [0.5, 0.6) is 0 Å². The summed E-state index contributed by atoms with van der Waals surface area (Å²) in [7, 11) is 3.16. The Balaban J connectivity index is 1.83. The molecule has 1 amide bonds. The number of benzene rings is 2.